The Morgan fingerprint density at radius 2 is 1.64 bits per heavy atom. The molecule has 0 aliphatic rings. The fraction of sp³-hybridized carbons (Fsp3) is 0.519. The molecule has 0 spiro atoms. The Morgan fingerprint density at radius 1 is 1.08 bits per heavy atom. The zero-order chi connectivity index (χ0) is 28.0. The molecule has 0 aliphatic heterocycles. The number of alkyl halides is 3. The molecule has 0 radical (unpaired) electrons. The highest BCUT2D eigenvalue weighted by Gasteiger charge is 2.54. The number of benzene rings is 1. The van der Waals surface area contributed by atoms with Crippen LogP contribution in [0.15, 0.2) is 47.4 Å². The number of hydrogen-bond acceptors (Lipinski definition) is 4. The first kappa shape index (κ1) is 32.1. The van der Waals surface area contributed by atoms with E-state index in [2.05, 4.69) is 32.3 Å². The van der Waals surface area contributed by atoms with Crippen molar-refractivity contribution in [2.45, 2.75) is 66.7 Å². The SMILES string of the molecule is C=C(NCC(C)C)C(C)=N/C(C(=C)N(CC)CC)=C(\C)c1ccc(C(O)(CC)C(F)(F)F)c(Cl)c1Cl. The van der Waals surface area contributed by atoms with Gasteiger partial charge >= 0.3 is 6.18 Å². The molecule has 1 aromatic rings. The van der Waals surface area contributed by atoms with Gasteiger partial charge in [-0.25, -0.2) is 4.99 Å². The summed E-state index contributed by atoms with van der Waals surface area (Å²) >= 11 is 12.9. The zero-order valence-electron chi connectivity index (χ0n) is 22.2. The van der Waals surface area contributed by atoms with Crippen LogP contribution >= 0.6 is 23.2 Å². The van der Waals surface area contributed by atoms with Crippen LogP contribution in [-0.2, 0) is 5.60 Å². The second-order valence-corrected chi connectivity index (χ2v) is 9.80. The molecule has 0 aliphatic carbocycles. The highest BCUT2D eigenvalue weighted by Crippen LogP contribution is 2.47. The van der Waals surface area contributed by atoms with Gasteiger partial charge in [0.25, 0.3) is 0 Å². The molecule has 0 heterocycles. The highest BCUT2D eigenvalue weighted by molar-refractivity contribution is 6.43. The Bertz CT molecular complexity index is 1030. The van der Waals surface area contributed by atoms with Crippen LogP contribution in [0.5, 0.6) is 0 Å². The second kappa shape index (κ2) is 13.0. The maximum atomic E-state index is 13.7. The van der Waals surface area contributed by atoms with Gasteiger partial charge in [-0.1, -0.05) is 69.3 Å². The molecule has 0 fully saturated rings. The summed E-state index contributed by atoms with van der Waals surface area (Å²) in [6, 6.07) is 2.60. The summed E-state index contributed by atoms with van der Waals surface area (Å²) in [6.07, 6.45) is -5.53. The molecule has 0 saturated carbocycles. The summed E-state index contributed by atoms with van der Waals surface area (Å²) in [6.45, 7) is 23.3. The third-order valence-corrected chi connectivity index (χ3v) is 7.01. The molecule has 1 atom stereocenters. The van der Waals surface area contributed by atoms with E-state index >= 15 is 0 Å². The third-order valence-electron chi connectivity index (χ3n) is 6.13. The van der Waals surface area contributed by atoms with Crippen molar-refractivity contribution in [2.24, 2.45) is 10.9 Å². The van der Waals surface area contributed by atoms with E-state index in [4.69, 9.17) is 28.2 Å². The van der Waals surface area contributed by atoms with Gasteiger partial charge in [0.1, 0.15) is 0 Å². The topological polar surface area (TPSA) is 47.9 Å². The first-order chi connectivity index (χ1) is 16.6. The summed E-state index contributed by atoms with van der Waals surface area (Å²) in [4.78, 5) is 6.82. The number of nitrogens with one attached hydrogen (secondary N) is 1. The Balaban J connectivity index is 3.79. The van der Waals surface area contributed by atoms with E-state index in [0.717, 1.165) is 6.54 Å². The Morgan fingerprint density at radius 3 is 2.08 bits per heavy atom. The third kappa shape index (κ3) is 7.08. The molecular formula is C27H38Cl2F3N3O. The van der Waals surface area contributed by atoms with E-state index < -0.39 is 23.8 Å². The van der Waals surface area contributed by atoms with Gasteiger partial charge in [-0.15, -0.1) is 0 Å². The predicted octanol–water partition coefficient (Wildman–Crippen LogP) is 7.96. The maximum Gasteiger partial charge on any atom is 0.421 e. The van der Waals surface area contributed by atoms with E-state index in [-0.39, 0.29) is 10.0 Å². The quantitative estimate of drug-likeness (QED) is 0.206. The average molecular weight is 549 g/mol. The first-order valence-electron chi connectivity index (χ1n) is 12.0. The lowest BCUT2D eigenvalue weighted by Gasteiger charge is -2.31. The van der Waals surface area contributed by atoms with Crippen molar-refractivity contribution < 1.29 is 18.3 Å². The molecule has 0 aromatic heterocycles. The largest absolute Gasteiger partial charge is 0.421 e. The molecule has 9 heteroatoms. The first-order valence-corrected chi connectivity index (χ1v) is 12.7. The van der Waals surface area contributed by atoms with Gasteiger partial charge in [-0.05, 0) is 51.2 Å². The molecule has 0 saturated heterocycles. The van der Waals surface area contributed by atoms with Crippen LogP contribution in [0.25, 0.3) is 5.57 Å². The van der Waals surface area contributed by atoms with Gasteiger partial charge in [0.2, 0.25) is 0 Å². The van der Waals surface area contributed by atoms with Crippen LogP contribution in [0.1, 0.15) is 66.0 Å². The van der Waals surface area contributed by atoms with E-state index in [9.17, 15) is 18.3 Å². The average Bonchev–Trinajstić information content (AvgIpc) is 2.81. The van der Waals surface area contributed by atoms with Gasteiger partial charge in [0.15, 0.2) is 5.60 Å². The molecule has 1 aromatic carbocycles. The maximum absolute atomic E-state index is 13.7. The van der Waals surface area contributed by atoms with Crippen molar-refractivity contribution >= 4 is 34.5 Å². The van der Waals surface area contributed by atoms with Crippen LogP contribution in [0.3, 0.4) is 0 Å². The van der Waals surface area contributed by atoms with Crippen molar-refractivity contribution in [1.29, 1.82) is 0 Å². The number of rotatable bonds is 12. The fourth-order valence-electron chi connectivity index (χ4n) is 3.64. The zero-order valence-corrected chi connectivity index (χ0v) is 23.7. The molecule has 4 nitrogen and oxygen atoms in total. The summed E-state index contributed by atoms with van der Waals surface area (Å²) < 4.78 is 41.1. The van der Waals surface area contributed by atoms with Crippen LogP contribution in [0.4, 0.5) is 13.2 Å². The minimum atomic E-state index is -4.92. The number of aliphatic hydroxyl groups is 1. The lowest BCUT2D eigenvalue weighted by molar-refractivity contribution is -0.267. The lowest BCUT2D eigenvalue weighted by Crippen LogP contribution is -2.42. The summed E-state index contributed by atoms with van der Waals surface area (Å²) in [5, 5.41) is 13.2. The minimum Gasteiger partial charge on any atom is -0.384 e. The lowest BCUT2D eigenvalue weighted by atomic mass is 9.88. The van der Waals surface area contributed by atoms with Gasteiger partial charge in [-0.3, -0.25) is 0 Å². The number of allylic oxidation sites excluding steroid dienone is 2. The summed E-state index contributed by atoms with van der Waals surface area (Å²) in [7, 11) is 0. The standard InChI is InChI=1S/C27H38Cl2F3N3O/c1-10-26(36,27(30,31)32)22-14-13-21(23(28)24(22)29)17(6)25(20(9)35(11-2)12-3)34-19(8)18(7)33-15-16(4)5/h13-14,16,33,36H,7,9-12,15H2,1-6,8H3/b25-17+,34-19?. The number of likely N-dealkylation sites (N-methyl/N-ethyl adjacent to an activating group) is 1. The second-order valence-electron chi connectivity index (χ2n) is 9.04. The molecule has 0 bridgehead atoms. The monoisotopic (exact) mass is 547 g/mol. The predicted molar refractivity (Wildman–Crippen MR) is 146 cm³/mol. The summed E-state index contributed by atoms with van der Waals surface area (Å²) in [5.74, 6) is 0.412. The minimum absolute atomic E-state index is 0.0998. The Hall–Kier alpha value is -1.96. The van der Waals surface area contributed by atoms with Crippen molar-refractivity contribution in [3.63, 3.8) is 0 Å². The number of hydrogen-bond donors (Lipinski definition) is 2. The van der Waals surface area contributed by atoms with Gasteiger partial charge in [0, 0.05) is 30.9 Å². The van der Waals surface area contributed by atoms with Crippen LogP contribution < -0.4 is 5.32 Å². The van der Waals surface area contributed by atoms with Crippen molar-refractivity contribution in [1.82, 2.24) is 10.2 Å². The van der Waals surface area contributed by atoms with Crippen molar-refractivity contribution in [3.05, 3.63) is 63.6 Å². The molecule has 1 rings (SSSR count). The fourth-order valence-corrected chi connectivity index (χ4v) is 4.27. The molecule has 36 heavy (non-hydrogen) atoms. The van der Waals surface area contributed by atoms with E-state index in [1.54, 1.807) is 6.92 Å². The van der Waals surface area contributed by atoms with E-state index in [1.165, 1.54) is 19.1 Å². The summed E-state index contributed by atoms with van der Waals surface area (Å²) in [5.41, 5.74) is -0.211. The molecule has 202 valence electrons. The van der Waals surface area contributed by atoms with Gasteiger partial charge < -0.3 is 15.3 Å². The Labute approximate surface area is 223 Å². The van der Waals surface area contributed by atoms with Gasteiger partial charge in [0.05, 0.1) is 27.2 Å². The highest BCUT2D eigenvalue weighted by atomic mass is 35.5. The number of halogens is 5. The smallest absolute Gasteiger partial charge is 0.384 e. The van der Waals surface area contributed by atoms with Crippen LogP contribution in [0.2, 0.25) is 10.0 Å². The number of nitrogens with zero attached hydrogens (tertiary/aromatic N) is 2. The normalized spacial score (nSPS) is 14.9. The van der Waals surface area contributed by atoms with Crippen LogP contribution in [-0.4, -0.2) is 41.5 Å². The molecule has 0 amide bonds. The van der Waals surface area contributed by atoms with Crippen molar-refractivity contribution in [2.75, 3.05) is 19.6 Å². The molecule has 1 unspecified atom stereocenters. The van der Waals surface area contributed by atoms with Crippen LogP contribution in [0, 0.1) is 5.92 Å². The molecular weight excluding hydrogens is 510 g/mol. The van der Waals surface area contributed by atoms with E-state index in [0.29, 0.717) is 52.9 Å². The van der Waals surface area contributed by atoms with E-state index in [1.807, 2.05) is 25.7 Å². The number of aliphatic imine (C=N–C) groups is 1. The van der Waals surface area contributed by atoms with Crippen molar-refractivity contribution in [3.8, 4) is 0 Å². The molecule has 2 N–H and O–H groups in total. The van der Waals surface area contributed by atoms with Gasteiger partial charge in [-0.2, -0.15) is 13.2 Å². The Kier molecular flexibility index (Phi) is 11.6.